The van der Waals surface area contributed by atoms with Crippen LogP contribution in [0.25, 0.3) is 0 Å². The van der Waals surface area contributed by atoms with Gasteiger partial charge in [-0.2, -0.15) is 0 Å². The van der Waals surface area contributed by atoms with Crippen molar-refractivity contribution in [2.24, 2.45) is 5.92 Å². The van der Waals surface area contributed by atoms with Crippen LogP contribution in [-0.4, -0.2) is 60.2 Å². The second-order valence-corrected chi connectivity index (χ2v) is 5.17. The van der Waals surface area contributed by atoms with Crippen molar-refractivity contribution < 1.29 is 29.5 Å². The van der Waals surface area contributed by atoms with E-state index in [4.69, 9.17) is 14.2 Å². The summed E-state index contributed by atoms with van der Waals surface area (Å²) >= 11 is 0. The Morgan fingerprint density at radius 3 is 2.33 bits per heavy atom. The van der Waals surface area contributed by atoms with Crippen molar-refractivity contribution in [1.29, 1.82) is 0 Å². The summed E-state index contributed by atoms with van der Waals surface area (Å²) in [6.07, 6.45) is -1.39. The molecular formula is C15H22O6. The zero-order valence-corrected chi connectivity index (χ0v) is 12.0. The van der Waals surface area contributed by atoms with Gasteiger partial charge >= 0.3 is 0 Å². The van der Waals surface area contributed by atoms with Crippen molar-refractivity contribution in [2.75, 3.05) is 26.9 Å². The highest BCUT2D eigenvalue weighted by atomic mass is 16.7. The first-order valence-corrected chi connectivity index (χ1v) is 6.89. The summed E-state index contributed by atoms with van der Waals surface area (Å²) in [6, 6.07) is 9.53. The van der Waals surface area contributed by atoms with Gasteiger partial charge in [0.15, 0.2) is 6.29 Å². The van der Waals surface area contributed by atoms with Gasteiger partial charge in [0.2, 0.25) is 0 Å². The van der Waals surface area contributed by atoms with E-state index in [1.807, 2.05) is 30.3 Å². The largest absolute Gasteiger partial charge is 0.396 e. The molecule has 1 saturated heterocycles. The van der Waals surface area contributed by atoms with E-state index in [2.05, 4.69) is 0 Å². The lowest BCUT2D eigenvalue weighted by Gasteiger charge is -2.31. The van der Waals surface area contributed by atoms with Crippen LogP contribution in [0, 0.1) is 5.92 Å². The van der Waals surface area contributed by atoms with E-state index < -0.39 is 37.1 Å². The minimum absolute atomic E-state index is 0.223. The SMILES string of the molecule is COC1OC(CO)(CO)C(OCc2ccccc2)C1CO. The normalized spacial score (nSPS) is 27.9. The molecule has 0 radical (unpaired) electrons. The van der Waals surface area contributed by atoms with Crippen LogP contribution in [0.4, 0.5) is 0 Å². The lowest BCUT2D eigenvalue weighted by atomic mass is 9.91. The van der Waals surface area contributed by atoms with Crippen molar-refractivity contribution >= 4 is 0 Å². The second-order valence-electron chi connectivity index (χ2n) is 5.17. The Kier molecular flexibility index (Phi) is 5.69. The number of methoxy groups -OCH3 is 1. The molecule has 0 aromatic heterocycles. The van der Waals surface area contributed by atoms with Crippen molar-refractivity contribution in [2.45, 2.75) is 24.6 Å². The maximum Gasteiger partial charge on any atom is 0.165 e. The first-order chi connectivity index (χ1) is 10.2. The summed E-state index contributed by atoms with van der Waals surface area (Å²) in [6.45, 7) is -0.762. The third kappa shape index (κ3) is 3.26. The van der Waals surface area contributed by atoms with E-state index in [-0.39, 0.29) is 6.61 Å². The molecule has 3 unspecified atom stereocenters. The van der Waals surface area contributed by atoms with Crippen molar-refractivity contribution in [1.82, 2.24) is 0 Å². The van der Waals surface area contributed by atoms with Crippen LogP contribution < -0.4 is 0 Å². The number of aliphatic hydroxyl groups is 3. The Morgan fingerprint density at radius 1 is 1.14 bits per heavy atom. The predicted molar refractivity (Wildman–Crippen MR) is 74.4 cm³/mol. The van der Waals surface area contributed by atoms with Gasteiger partial charge in [0.05, 0.1) is 32.3 Å². The number of hydrogen-bond donors (Lipinski definition) is 3. The Morgan fingerprint density at radius 2 is 1.81 bits per heavy atom. The molecule has 1 heterocycles. The molecule has 1 aliphatic heterocycles. The van der Waals surface area contributed by atoms with E-state index in [0.717, 1.165) is 5.56 Å². The van der Waals surface area contributed by atoms with Gasteiger partial charge in [-0.15, -0.1) is 0 Å². The molecule has 1 aromatic carbocycles. The van der Waals surface area contributed by atoms with Gasteiger partial charge in [-0.05, 0) is 5.56 Å². The molecule has 1 aliphatic rings. The predicted octanol–water partition coefficient (Wildman–Crippen LogP) is -0.0936. The topological polar surface area (TPSA) is 88.4 Å². The van der Waals surface area contributed by atoms with E-state index in [0.29, 0.717) is 6.61 Å². The summed E-state index contributed by atoms with van der Waals surface area (Å²) in [5.74, 6) is -0.474. The third-order valence-electron chi connectivity index (χ3n) is 3.86. The smallest absolute Gasteiger partial charge is 0.165 e. The number of ether oxygens (including phenoxy) is 3. The molecular weight excluding hydrogens is 276 g/mol. The number of rotatable bonds is 7. The van der Waals surface area contributed by atoms with Crippen LogP contribution in [0.1, 0.15) is 5.56 Å². The lowest BCUT2D eigenvalue weighted by molar-refractivity contribution is -0.200. The number of aliphatic hydroxyl groups excluding tert-OH is 3. The summed E-state index contributed by atoms with van der Waals surface area (Å²) < 4.78 is 16.6. The molecule has 0 bridgehead atoms. The van der Waals surface area contributed by atoms with Gasteiger partial charge in [-0.1, -0.05) is 30.3 Å². The fourth-order valence-corrected chi connectivity index (χ4v) is 2.66. The molecule has 1 fully saturated rings. The Hall–Kier alpha value is -1.02. The summed E-state index contributed by atoms with van der Waals surface area (Å²) in [4.78, 5) is 0. The summed E-state index contributed by atoms with van der Waals surface area (Å²) in [5.41, 5.74) is -0.317. The highest BCUT2D eigenvalue weighted by Crippen LogP contribution is 2.38. The Labute approximate surface area is 123 Å². The molecule has 6 heteroatoms. The monoisotopic (exact) mass is 298 g/mol. The maximum atomic E-state index is 9.61. The first-order valence-electron chi connectivity index (χ1n) is 6.89. The molecule has 0 saturated carbocycles. The molecule has 21 heavy (non-hydrogen) atoms. The average Bonchev–Trinajstić information content (AvgIpc) is 2.87. The molecule has 1 aromatic rings. The van der Waals surface area contributed by atoms with Crippen LogP contribution in [-0.2, 0) is 20.8 Å². The van der Waals surface area contributed by atoms with Crippen LogP contribution in [0.2, 0.25) is 0 Å². The fourth-order valence-electron chi connectivity index (χ4n) is 2.66. The Bertz CT molecular complexity index is 419. The quantitative estimate of drug-likeness (QED) is 0.652. The molecule has 6 nitrogen and oxygen atoms in total. The molecule has 3 atom stereocenters. The zero-order valence-electron chi connectivity index (χ0n) is 12.0. The van der Waals surface area contributed by atoms with Gasteiger partial charge < -0.3 is 29.5 Å². The zero-order chi connectivity index (χ0) is 15.3. The van der Waals surface area contributed by atoms with E-state index in [9.17, 15) is 15.3 Å². The van der Waals surface area contributed by atoms with Crippen molar-refractivity contribution in [3.05, 3.63) is 35.9 Å². The highest BCUT2D eigenvalue weighted by molar-refractivity contribution is 5.13. The minimum Gasteiger partial charge on any atom is -0.396 e. The van der Waals surface area contributed by atoms with E-state index in [1.165, 1.54) is 7.11 Å². The van der Waals surface area contributed by atoms with Crippen LogP contribution in [0.15, 0.2) is 30.3 Å². The minimum atomic E-state index is -1.27. The van der Waals surface area contributed by atoms with Gasteiger partial charge in [-0.25, -0.2) is 0 Å². The summed E-state index contributed by atoms with van der Waals surface area (Å²) in [7, 11) is 1.45. The van der Waals surface area contributed by atoms with Gasteiger partial charge in [-0.3, -0.25) is 0 Å². The first kappa shape index (κ1) is 16.4. The van der Waals surface area contributed by atoms with Crippen LogP contribution in [0.3, 0.4) is 0 Å². The molecule has 3 N–H and O–H groups in total. The molecule has 0 amide bonds. The fraction of sp³-hybridized carbons (Fsp3) is 0.600. The van der Waals surface area contributed by atoms with Gasteiger partial charge in [0, 0.05) is 7.11 Å². The highest BCUT2D eigenvalue weighted by Gasteiger charge is 2.55. The lowest BCUT2D eigenvalue weighted by Crippen LogP contribution is -2.50. The maximum absolute atomic E-state index is 9.61. The van der Waals surface area contributed by atoms with Gasteiger partial charge in [0.25, 0.3) is 0 Å². The van der Waals surface area contributed by atoms with E-state index >= 15 is 0 Å². The molecule has 2 rings (SSSR count). The van der Waals surface area contributed by atoms with E-state index in [1.54, 1.807) is 0 Å². The third-order valence-corrected chi connectivity index (χ3v) is 3.86. The molecule has 0 aliphatic carbocycles. The summed E-state index contributed by atoms with van der Waals surface area (Å²) in [5, 5.41) is 28.8. The van der Waals surface area contributed by atoms with Gasteiger partial charge in [0.1, 0.15) is 11.7 Å². The molecule has 118 valence electrons. The molecule has 0 spiro atoms. The second kappa shape index (κ2) is 7.31. The van der Waals surface area contributed by atoms with Crippen molar-refractivity contribution in [3.8, 4) is 0 Å². The van der Waals surface area contributed by atoms with Crippen molar-refractivity contribution in [3.63, 3.8) is 0 Å². The van der Waals surface area contributed by atoms with Crippen LogP contribution in [0.5, 0.6) is 0 Å². The van der Waals surface area contributed by atoms with Crippen LogP contribution >= 0.6 is 0 Å². The average molecular weight is 298 g/mol. The number of benzene rings is 1. The Balaban J connectivity index is 2.15. The standard InChI is InChI=1S/C15H22O6/c1-19-14-12(7-16)13(15(9-17,10-18)21-14)20-8-11-5-3-2-4-6-11/h2-6,12-14,16-18H,7-10H2,1H3. The number of hydrogen-bond acceptors (Lipinski definition) is 6.